The molecule has 2 aliphatic heterocycles. The first-order valence-electron chi connectivity index (χ1n) is 4.71. The Bertz CT molecular complexity index is 338. The minimum atomic E-state index is -0.583. The minimum Gasteiger partial charge on any atom is -0.393 e. The first kappa shape index (κ1) is 11.5. The van der Waals surface area contributed by atoms with E-state index >= 15 is 0 Å². The van der Waals surface area contributed by atoms with E-state index in [9.17, 15) is 9.18 Å². The first-order valence-corrected chi connectivity index (χ1v) is 5.76. The van der Waals surface area contributed by atoms with Crippen LogP contribution in [0.15, 0.2) is 11.6 Å². The van der Waals surface area contributed by atoms with Gasteiger partial charge in [-0.2, -0.15) is 0 Å². The van der Waals surface area contributed by atoms with Gasteiger partial charge >= 0.3 is 6.03 Å². The molecule has 2 amide bonds. The van der Waals surface area contributed by atoms with Gasteiger partial charge in [0.1, 0.15) is 17.5 Å². The van der Waals surface area contributed by atoms with Crippen molar-refractivity contribution < 1.29 is 19.0 Å². The molecule has 1 saturated heterocycles. The smallest absolute Gasteiger partial charge is 0.325 e. The van der Waals surface area contributed by atoms with Gasteiger partial charge in [0.2, 0.25) is 0 Å². The van der Waals surface area contributed by atoms with Crippen LogP contribution in [0.25, 0.3) is 0 Å². The van der Waals surface area contributed by atoms with Crippen molar-refractivity contribution in [1.82, 2.24) is 10.2 Å². The van der Waals surface area contributed by atoms with Crippen LogP contribution < -0.4 is 11.1 Å². The molecular formula is C8H12FN3O3S. The molecule has 4 N–H and O–H groups in total. The van der Waals surface area contributed by atoms with Crippen LogP contribution in [0.2, 0.25) is 0 Å². The number of aliphatic hydroxyl groups is 1. The fraction of sp³-hybridized carbons (Fsp3) is 0.625. The Labute approximate surface area is 95.6 Å². The Hall–Kier alpha value is -0.990. The van der Waals surface area contributed by atoms with E-state index in [0.717, 1.165) is 0 Å². The summed E-state index contributed by atoms with van der Waals surface area (Å²) in [4.78, 5) is 12.7. The number of rotatable bonds is 2. The highest BCUT2D eigenvalue weighted by atomic mass is 32.2. The molecule has 16 heavy (non-hydrogen) atoms. The zero-order valence-electron chi connectivity index (χ0n) is 8.35. The third-order valence-electron chi connectivity index (χ3n) is 2.33. The molecule has 0 aliphatic carbocycles. The molecule has 0 aromatic carbocycles. The second-order valence-corrected chi connectivity index (χ2v) is 4.61. The second kappa shape index (κ2) is 4.48. The Morgan fingerprint density at radius 2 is 2.50 bits per heavy atom. The predicted molar refractivity (Wildman–Crippen MR) is 55.8 cm³/mol. The number of ether oxygens (including phenoxy) is 1. The Kier molecular flexibility index (Phi) is 3.22. The van der Waals surface area contributed by atoms with E-state index < -0.39 is 18.1 Å². The fourth-order valence-electron chi connectivity index (χ4n) is 1.50. The van der Waals surface area contributed by atoms with Crippen molar-refractivity contribution in [2.24, 2.45) is 5.73 Å². The van der Waals surface area contributed by atoms with Crippen molar-refractivity contribution in [2.45, 2.75) is 11.7 Å². The van der Waals surface area contributed by atoms with E-state index in [1.54, 1.807) is 0 Å². The number of halogens is 1. The van der Waals surface area contributed by atoms with Crippen LogP contribution >= 0.6 is 11.8 Å². The van der Waals surface area contributed by atoms with Crippen LogP contribution in [0.5, 0.6) is 0 Å². The van der Waals surface area contributed by atoms with E-state index in [1.165, 1.54) is 16.7 Å². The largest absolute Gasteiger partial charge is 0.393 e. The van der Waals surface area contributed by atoms with Crippen LogP contribution in [-0.4, -0.2) is 46.6 Å². The molecule has 2 heterocycles. The summed E-state index contributed by atoms with van der Waals surface area (Å²) in [6.07, 6.45) is -0.527. The first-order chi connectivity index (χ1) is 7.61. The molecule has 0 bridgehead atoms. The fourth-order valence-corrected chi connectivity index (χ4v) is 2.45. The number of thioether (sulfide) groups is 1. The number of urea groups is 1. The molecule has 8 heteroatoms. The van der Waals surface area contributed by atoms with E-state index in [1.807, 2.05) is 0 Å². The Morgan fingerprint density at radius 3 is 3.12 bits per heavy atom. The highest BCUT2D eigenvalue weighted by Gasteiger charge is 2.36. The number of nitrogens with one attached hydrogen (secondary N) is 1. The van der Waals surface area contributed by atoms with E-state index in [4.69, 9.17) is 15.6 Å². The van der Waals surface area contributed by atoms with Gasteiger partial charge in [-0.25, -0.2) is 9.18 Å². The van der Waals surface area contributed by atoms with Gasteiger partial charge in [-0.05, 0) is 0 Å². The Morgan fingerprint density at radius 1 is 1.75 bits per heavy atom. The van der Waals surface area contributed by atoms with Crippen LogP contribution in [0.4, 0.5) is 9.18 Å². The molecule has 0 saturated carbocycles. The number of carbonyl (C=O) groups excluding carboxylic acids is 1. The van der Waals surface area contributed by atoms with Gasteiger partial charge in [-0.3, -0.25) is 10.2 Å². The summed E-state index contributed by atoms with van der Waals surface area (Å²) in [6.45, 7) is -0.321. The van der Waals surface area contributed by atoms with Crippen molar-refractivity contribution in [1.29, 1.82) is 0 Å². The number of nitrogens with two attached hydrogens (primary N) is 1. The summed E-state index contributed by atoms with van der Waals surface area (Å²) in [7, 11) is 0. The number of nitrogens with zero attached hydrogens (tertiary/aromatic N) is 1. The van der Waals surface area contributed by atoms with Crippen LogP contribution in [0.1, 0.15) is 0 Å². The SMILES string of the molecule is NC1=C(F)CN([C@@H]2CS[C@H](CO)O2)C(=O)N1. The average molecular weight is 249 g/mol. The second-order valence-electron chi connectivity index (χ2n) is 3.41. The molecular weight excluding hydrogens is 237 g/mol. The van der Waals surface area contributed by atoms with Crippen molar-refractivity contribution in [3.8, 4) is 0 Å². The van der Waals surface area contributed by atoms with Gasteiger partial charge in [0.25, 0.3) is 0 Å². The topological polar surface area (TPSA) is 87.8 Å². The lowest BCUT2D eigenvalue weighted by atomic mass is 10.3. The predicted octanol–water partition coefficient (Wildman–Crippen LogP) is -0.483. The van der Waals surface area contributed by atoms with E-state index in [-0.39, 0.29) is 24.4 Å². The number of carbonyl (C=O) groups is 1. The third-order valence-corrected chi connectivity index (χ3v) is 3.44. The van der Waals surface area contributed by atoms with Gasteiger partial charge < -0.3 is 15.6 Å². The lowest BCUT2D eigenvalue weighted by molar-refractivity contribution is -0.0365. The molecule has 6 nitrogen and oxygen atoms in total. The summed E-state index contributed by atoms with van der Waals surface area (Å²) in [6, 6.07) is -0.483. The number of amides is 2. The molecule has 0 unspecified atom stereocenters. The lowest BCUT2D eigenvalue weighted by Crippen LogP contribution is -2.52. The van der Waals surface area contributed by atoms with E-state index in [0.29, 0.717) is 5.75 Å². The van der Waals surface area contributed by atoms with Gasteiger partial charge in [0.15, 0.2) is 5.83 Å². The molecule has 90 valence electrons. The number of hydrogen-bond donors (Lipinski definition) is 3. The highest BCUT2D eigenvalue weighted by molar-refractivity contribution is 8.00. The molecule has 0 radical (unpaired) electrons. The maximum Gasteiger partial charge on any atom is 0.325 e. The maximum absolute atomic E-state index is 13.2. The van der Waals surface area contributed by atoms with Crippen LogP contribution in [0.3, 0.4) is 0 Å². The maximum atomic E-state index is 13.2. The Balaban J connectivity index is 2.03. The highest BCUT2D eigenvalue weighted by Crippen LogP contribution is 2.28. The summed E-state index contributed by atoms with van der Waals surface area (Å²) < 4.78 is 18.6. The molecule has 2 rings (SSSR count). The summed E-state index contributed by atoms with van der Waals surface area (Å²) in [5.41, 5.74) is 4.89. The molecule has 2 atom stereocenters. The van der Waals surface area contributed by atoms with Gasteiger partial charge in [0, 0.05) is 5.75 Å². The molecule has 0 aromatic heterocycles. The zero-order valence-corrected chi connectivity index (χ0v) is 9.17. The van der Waals surface area contributed by atoms with E-state index in [2.05, 4.69) is 5.32 Å². The molecule has 0 aromatic rings. The molecule has 2 aliphatic rings. The van der Waals surface area contributed by atoms with Crippen molar-refractivity contribution in [3.05, 3.63) is 11.6 Å². The standard InChI is InChI=1S/C8H12FN3O3S/c9-4-1-12(8(14)11-7(4)10)5-3-16-6(2-13)15-5/h5-6,13H,1-3,10H2,(H,11,14)/t5-,6+/m0/s1. The summed E-state index contributed by atoms with van der Waals surface area (Å²) in [5.74, 6) is -0.322. The third kappa shape index (κ3) is 2.08. The quantitative estimate of drug-likeness (QED) is 0.615. The monoisotopic (exact) mass is 249 g/mol. The van der Waals surface area contributed by atoms with Gasteiger partial charge in [-0.15, -0.1) is 11.8 Å². The minimum absolute atomic E-state index is 0.128. The van der Waals surface area contributed by atoms with Gasteiger partial charge in [-0.1, -0.05) is 0 Å². The lowest BCUT2D eigenvalue weighted by Gasteiger charge is -2.31. The number of hydrogen-bond acceptors (Lipinski definition) is 5. The van der Waals surface area contributed by atoms with Crippen molar-refractivity contribution >= 4 is 17.8 Å². The normalized spacial score (nSPS) is 30.9. The molecule has 1 fully saturated rings. The zero-order chi connectivity index (χ0) is 11.7. The van der Waals surface area contributed by atoms with Crippen molar-refractivity contribution in [2.75, 3.05) is 18.9 Å². The van der Waals surface area contributed by atoms with Crippen molar-refractivity contribution in [3.63, 3.8) is 0 Å². The summed E-state index contributed by atoms with van der Waals surface area (Å²) >= 11 is 1.38. The van der Waals surface area contributed by atoms with Gasteiger partial charge in [0.05, 0.1) is 13.2 Å². The average Bonchev–Trinajstić information content (AvgIpc) is 2.71. The van der Waals surface area contributed by atoms with Crippen LogP contribution in [-0.2, 0) is 4.74 Å². The van der Waals surface area contributed by atoms with Crippen LogP contribution in [0, 0.1) is 0 Å². The summed E-state index contributed by atoms with van der Waals surface area (Å²) in [5, 5.41) is 11.1. The molecule has 0 spiro atoms. The number of aliphatic hydroxyl groups excluding tert-OH is 1.